The fourth-order valence-electron chi connectivity index (χ4n) is 1.12. The molecule has 0 spiro atoms. The Hall–Kier alpha value is 0.680. The third-order valence-corrected chi connectivity index (χ3v) is 3.31. The first-order chi connectivity index (χ1) is 8.17. The first-order valence-electron chi connectivity index (χ1n) is 4.19. The van der Waals surface area contributed by atoms with Crippen molar-refractivity contribution in [3.8, 4) is 0 Å². The molecule has 2 rings (SSSR count). The van der Waals surface area contributed by atoms with Crippen LogP contribution >= 0.6 is 7.82 Å². The number of hydrogen-bond acceptors (Lipinski definition) is 5. The Kier molecular flexibility index (Phi) is 10.3. The first-order valence-corrected chi connectivity index (χ1v) is 7.21. The van der Waals surface area contributed by atoms with Crippen LogP contribution in [0.3, 0.4) is 0 Å². The van der Waals surface area contributed by atoms with Gasteiger partial charge in [-0.05, 0) is 16.7 Å². The topological polar surface area (TPSA) is 130 Å². The second-order valence-corrected chi connectivity index (χ2v) is 5.76. The summed E-state index contributed by atoms with van der Waals surface area (Å²) in [6, 6.07) is 6.09. The Labute approximate surface area is 160 Å². The summed E-state index contributed by atoms with van der Waals surface area (Å²) < 4.78 is 45.6. The molecule has 3 N–H and O–H groups in total. The van der Waals surface area contributed by atoms with Gasteiger partial charge in [0.25, 0.3) is 15.9 Å². The van der Waals surface area contributed by atoms with E-state index in [-0.39, 0.29) is 72.4 Å². The molecule has 0 bridgehead atoms. The van der Waals surface area contributed by atoms with E-state index >= 15 is 0 Å². The van der Waals surface area contributed by atoms with Crippen LogP contribution in [0, 0.1) is 0 Å². The summed E-state index contributed by atoms with van der Waals surface area (Å²) >= 11 is 0. The number of hydrogen-bond donors (Lipinski definition) is 3. The van der Waals surface area contributed by atoms with Gasteiger partial charge in [-0.25, -0.2) is 17.7 Å². The van der Waals surface area contributed by atoms with Crippen molar-refractivity contribution in [3.63, 3.8) is 0 Å². The summed E-state index contributed by atoms with van der Waals surface area (Å²) in [6.45, 7) is 0. The molecule has 0 aliphatic carbocycles. The Morgan fingerprint density at radius 1 is 1.25 bits per heavy atom. The molecule has 1 heterocycles. The standard InChI is InChI=1S/C7H5NO3S.FH2O4P.2Na.2H/c9-7-5-3-1-2-4-6(5)12(10,11)8-7;1-5-6(2,3)4;;;;/h1-4H,(H,8,9);(H2,2,3,4);;;;/q;;2*+1;2*-1. The molecule has 1 amide bonds. The van der Waals surface area contributed by atoms with Crippen molar-refractivity contribution in [2.24, 2.45) is 0 Å². The van der Waals surface area contributed by atoms with Crippen molar-refractivity contribution < 1.29 is 98.8 Å². The first kappa shape index (κ1) is 23.0. The predicted molar refractivity (Wildman–Crippen MR) is 57.6 cm³/mol. The zero-order valence-electron chi connectivity index (χ0n) is 12.5. The largest absolute Gasteiger partial charge is 1.00 e. The Balaban J connectivity index is -0.000000145. The Bertz CT molecular complexity index is 629. The summed E-state index contributed by atoms with van der Waals surface area (Å²) in [4.78, 5) is 25.7. The summed E-state index contributed by atoms with van der Waals surface area (Å²) in [7, 11) is -8.37. The second-order valence-electron chi connectivity index (χ2n) is 2.99. The average Bonchev–Trinajstić information content (AvgIpc) is 2.50. The molecule has 104 valence electrons. The monoisotopic (exact) mass is 347 g/mol. The molecule has 20 heavy (non-hydrogen) atoms. The van der Waals surface area contributed by atoms with Gasteiger partial charge in [-0.2, -0.15) is 0 Å². The van der Waals surface area contributed by atoms with Crippen LogP contribution in [0.5, 0.6) is 0 Å². The summed E-state index contributed by atoms with van der Waals surface area (Å²) in [5.74, 6) is -0.550. The van der Waals surface area contributed by atoms with Crippen LogP contribution in [-0.4, -0.2) is 24.1 Å². The van der Waals surface area contributed by atoms with Gasteiger partial charge in [0.1, 0.15) is 4.90 Å². The van der Waals surface area contributed by atoms with E-state index in [0.717, 1.165) is 0 Å². The van der Waals surface area contributed by atoms with E-state index in [0.29, 0.717) is 0 Å². The molecular formula is C7H9FNNa2O7PS. The van der Waals surface area contributed by atoms with Crippen molar-refractivity contribution in [3.05, 3.63) is 29.8 Å². The van der Waals surface area contributed by atoms with E-state index in [2.05, 4.69) is 4.73 Å². The van der Waals surface area contributed by atoms with Crippen LogP contribution in [0.4, 0.5) is 4.53 Å². The zero-order valence-corrected chi connectivity index (χ0v) is 16.2. The number of halogens is 1. The smallest absolute Gasteiger partial charge is 1.00 e. The van der Waals surface area contributed by atoms with Crippen LogP contribution in [0.2, 0.25) is 0 Å². The SMILES string of the molecule is O=C1NS(=O)(=O)c2ccccc21.O=P(O)(O)OF.[H-].[H-].[Na+].[Na+]. The van der Waals surface area contributed by atoms with Gasteiger partial charge in [0.2, 0.25) is 0 Å². The van der Waals surface area contributed by atoms with E-state index in [1.807, 2.05) is 4.72 Å². The fraction of sp³-hybridized carbons (Fsp3) is 0. The number of amides is 1. The maximum Gasteiger partial charge on any atom is 1.00 e. The molecule has 0 atom stereocenters. The van der Waals surface area contributed by atoms with Gasteiger partial charge < -0.3 is 12.6 Å². The molecule has 1 aromatic carbocycles. The van der Waals surface area contributed by atoms with Crippen molar-refractivity contribution in [2.45, 2.75) is 4.90 Å². The normalized spacial score (nSPS) is 14.7. The number of rotatable bonds is 1. The minimum atomic E-state index is -4.81. The number of sulfonamides is 1. The Morgan fingerprint density at radius 3 is 2.10 bits per heavy atom. The van der Waals surface area contributed by atoms with Gasteiger partial charge >= 0.3 is 66.9 Å². The van der Waals surface area contributed by atoms with Crippen LogP contribution in [0.1, 0.15) is 13.2 Å². The zero-order chi connectivity index (χ0) is 14.0. The second kappa shape index (κ2) is 8.96. The molecule has 1 aliphatic rings. The van der Waals surface area contributed by atoms with Gasteiger partial charge in [-0.15, -0.1) is 0 Å². The van der Waals surface area contributed by atoms with Crippen LogP contribution in [0.15, 0.2) is 29.2 Å². The van der Waals surface area contributed by atoms with Crippen LogP contribution < -0.4 is 63.8 Å². The number of benzene rings is 1. The number of nitrogens with one attached hydrogen (secondary N) is 1. The molecule has 0 radical (unpaired) electrons. The van der Waals surface area contributed by atoms with Gasteiger partial charge in [0, 0.05) is 0 Å². The molecule has 1 aromatic rings. The molecule has 0 unspecified atom stereocenters. The van der Waals surface area contributed by atoms with Crippen molar-refractivity contribution in [1.29, 1.82) is 0 Å². The number of fused-ring (bicyclic) bond motifs is 1. The van der Waals surface area contributed by atoms with E-state index in [1.54, 1.807) is 12.1 Å². The van der Waals surface area contributed by atoms with Gasteiger partial charge in [-0.1, -0.05) is 16.9 Å². The van der Waals surface area contributed by atoms with E-state index in [1.165, 1.54) is 12.1 Å². The minimum Gasteiger partial charge on any atom is -1.00 e. The summed E-state index contributed by atoms with van der Waals surface area (Å²) in [5, 5.41) is 0. The average molecular weight is 347 g/mol. The number of phosphoric acid groups is 1. The summed E-state index contributed by atoms with van der Waals surface area (Å²) in [5.41, 5.74) is 0.220. The molecule has 0 aromatic heterocycles. The van der Waals surface area contributed by atoms with E-state index < -0.39 is 23.8 Å². The van der Waals surface area contributed by atoms with Crippen LogP contribution in [-0.2, 0) is 19.3 Å². The van der Waals surface area contributed by atoms with Crippen LogP contribution in [0.25, 0.3) is 0 Å². The van der Waals surface area contributed by atoms with Gasteiger partial charge in [0.05, 0.1) is 5.56 Å². The molecular weight excluding hydrogens is 338 g/mol. The molecule has 13 heteroatoms. The third kappa shape index (κ3) is 6.63. The third-order valence-electron chi connectivity index (χ3n) is 1.74. The minimum absolute atomic E-state index is 0. The molecule has 1 aliphatic heterocycles. The van der Waals surface area contributed by atoms with Gasteiger partial charge in [-0.3, -0.25) is 4.79 Å². The molecule has 0 saturated heterocycles. The quantitative estimate of drug-likeness (QED) is 0.341. The summed E-state index contributed by atoms with van der Waals surface area (Å²) in [6.07, 6.45) is 0. The molecule has 8 nitrogen and oxygen atoms in total. The molecule has 0 saturated carbocycles. The van der Waals surface area contributed by atoms with Crippen molar-refractivity contribution in [2.75, 3.05) is 0 Å². The predicted octanol–water partition coefficient (Wildman–Crippen LogP) is -5.67. The van der Waals surface area contributed by atoms with Crippen molar-refractivity contribution in [1.82, 2.24) is 4.72 Å². The fourth-order valence-corrected chi connectivity index (χ4v) is 2.29. The maximum atomic E-state index is 11.1. The number of carbonyl (C=O) groups is 1. The Morgan fingerprint density at radius 2 is 1.70 bits per heavy atom. The van der Waals surface area contributed by atoms with Gasteiger partial charge in [0.15, 0.2) is 0 Å². The van der Waals surface area contributed by atoms with E-state index in [9.17, 15) is 17.7 Å². The number of carbonyl (C=O) groups excluding carboxylic acids is 1. The van der Waals surface area contributed by atoms with Crippen molar-refractivity contribution >= 4 is 23.8 Å². The molecule has 0 fully saturated rings. The van der Waals surface area contributed by atoms with E-state index in [4.69, 9.17) is 14.4 Å². The maximum absolute atomic E-state index is 11.1.